The van der Waals surface area contributed by atoms with Crippen LogP contribution in [0.3, 0.4) is 0 Å². The first-order chi connectivity index (χ1) is 37.2. The minimum Gasteiger partial charge on any atom is -0.497 e. The number of para-hydroxylation sites is 2. The number of hydrogen-bond acceptors (Lipinski definition) is 17. The Hall–Kier alpha value is -6.56. The van der Waals surface area contributed by atoms with Gasteiger partial charge in [-0.15, -0.1) is 0 Å². The smallest absolute Gasteiger partial charge is 0.295 e. The van der Waals surface area contributed by atoms with Crippen LogP contribution in [0.25, 0.3) is 21.9 Å². The molecule has 21 nitrogen and oxygen atoms in total. The molecule has 0 aliphatic carbocycles. The molecule has 6 aromatic carbocycles. The summed E-state index contributed by atoms with van der Waals surface area (Å²) >= 11 is 5.97. The third-order valence-corrected chi connectivity index (χ3v) is 15.9. The highest BCUT2D eigenvalue weighted by atomic mass is 35.5. The van der Waals surface area contributed by atoms with E-state index in [0.717, 1.165) is 17.6 Å². The van der Waals surface area contributed by atoms with Crippen LogP contribution < -0.4 is 19.4 Å². The van der Waals surface area contributed by atoms with Crippen molar-refractivity contribution < 1.29 is 76.0 Å². The lowest BCUT2D eigenvalue weighted by molar-refractivity contribution is 0.0627. The Morgan fingerprint density at radius 2 is 0.962 bits per heavy atom. The predicted molar refractivity (Wildman–Crippen MR) is 288 cm³/mol. The summed E-state index contributed by atoms with van der Waals surface area (Å²) in [7, 11) is -11.0. The van der Waals surface area contributed by atoms with E-state index in [1.54, 1.807) is 141 Å². The summed E-state index contributed by atoms with van der Waals surface area (Å²) in [5, 5.41) is 1.53. The second-order valence-corrected chi connectivity index (χ2v) is 23.6. The molecule has 0 aliphatic heterocycles. The number of sulfonamides is 3. The van der Waals surface area contributed by atoms with Gasteiger partial charge in [0.05, 0.1) is 45.0 Å². The van der Waals surface area contributed by atoms with Crippen LogP contribution in [-0.4, -0.2) is 98.4 Å². The van der Waals surface area contributed by atoms with Crippen LogP contribution in [0.4, 0.5) is 0 Å². The third kappa shape index (κ3) is 17.5. The van der Waals surface area contributed by atoms with Crippen LogP contribution in [-0.2, 0) is 83.7 Å². The molecule has 0 aliphatic rings. The van der Waals surface area contributed by atoms with Crippen molar-refractivity contribution in [3.8, 4) is 5.75 Å². The number of halogens is 1. The molecule has 8 rings (SSSR count). The molecule has 0 unspecified atom stereocenters. The summed E-state index contributed by atoms with van der Waals surface area (Å²) in [6, 6.07) is 42.9. The van der Waals surface area contributed by atoms with Gasteiger partial charge in [0, 0.05) is 67.1 Å². The first-order valence-electron chi connectivity index (χ1n) is 23.1. The van der Waals surface area contributed by atoms with Crippen LogP contribution in [0.15, 0.2) is 187 Å². The molecule has 0 saturated heterocycles. The normalized spacial score (nSPS) is 11.9. The number of methoxy groups -OCH3 is 3. The van der Waals surface area contributed by atoms with Crippen molar-refractivity contribution in [1.29, 1.82) is 0 Å². The number of furan rings is 2. The minimum absolute atomic E-state index is 0.0130. The highest BCUT2D eigenvalue weighted by molar-refractivity contribution is 7.93. The number of carbonyl (C=O) groups is 1. The fraction of sp³-hybridized carbons (Fsp3) is 0.212. The maximum absolute atomic E-state index is 12.7. The van der Waals surface area contributed by atoms with Gasteiger partial charge >= 0.3 is 0 Å². The van der Waals surface area contributed by atoms with Gasteiger partial charge < -0.3 is 27.9 Å². The molecular weight excluding hydrogens is 1120 g/mol. The van der Waals surface area contributed by atoms with Crippen molar-refractivity contribution in [2.75, 3.05) is 53.9 Å². The molecule has 2 heterocycles. The number of benzene rings is 6. The average Bonchev–Trinajstić information content (AvgIpc) is 4.18. The Bertz CT molecular complexity index is 3640. The SMILES string of the molecule is COCCN(CCOC)C(=O)c1ccc(CONS(=O)(=O)c2ccccc2S(C)(=O)=O)cc1.COc1ccc(CONS(=O)(=O)c2cc3ccccc3o2)cc1.O=S(=O)(NOCc1ccccc1Cl)c1cc2ccccc2o1. The van der Waals surface area contributed by atoms with Gasteiger partial charge in [-0.25, -0.2) is 33.7 Å². The van der Waals surface area contributed by atoms with E-state index in [4.69, 9.17) is 49.2 Å². The van der Waals surface area contributed by atoms with Crippen molar-refractivity contribution >= 4 is 79.4 Å². The number of rotatable bonds is 24. The molecule has 2 aromatic heterocycles. The fourth-order valence-electron chi connectivity index (χ4n) is 6.83. The Labute approximate surface area is 456 Å². The van der Waals surface area contributed by atoms with E-state index in [-0.39, 0.29) is 40.8 Å². The number of amides is 1. The zero-order chi connectivity index (χ0) is 56.4. The van der Waals surface area contributed by atoms with Crippen LogP contribution in [0.1, 0.15) is 27.0 Å². The third-order valence-electron chi connectivity index (χ3n) is 10.8. The quantitative estimate of drug-likeness (QED) is 0.0492. The van der Waals surface area contributed by atoms with Gasteiger partial charge in [0.25, 0.3) is 36.0 Å². The first-order valence-corrected chi connectivity index (χ1v) is 29.9. The van der Waals surface area contributed by atoms with Crippen LogP contribution in [0.2, 0.25) is 5.02 Å². The number of fused-ring (bicyclic) bond motifs is 2. The summed E-state index contributed by atoms with van der Waals surface area (Å²) in [5.41, 5.74) is 3.53. The second-order valence-electron chi connectivity index (χ2n) is 16.5. The Morgan fingerprint density at radius 1 is 0.526 bits per heavy atom. The van der Waals surface area contributed by atoms with Gasteiger partial charge in [0.2, 0.25) is 10.2 Å². The van der Waals surface area contributed by atoms with Gasteiger partial charge in [-0.3, -0.25) is 19.3 Å². The zero-order valence-electron chi connectivity index (χ0n) is 42.4. The maximum atomic E-state index is 12.7. The van der Waals surface area contributed by atoms with E-state index >= 15 is 0 Å². The molecule has 26 heteroatoms. The first kappa shape index (κ1) is 60.7. The van der Waals surface area contributed by atoms with Crippen molar-refractivity contribution in [1.82, 2.24) is 19.6 Å². The molecule has 0 saturated carbocycles. The minimum atomic E-state index is -4.23. The fourth-order valence-corrected chi connectivity index (χ4v) is 11.0. The van der Waals surface area contributed by atoms with Gasteiger partial charge in [-0.2, -0.15) is 0 Å². The monoisotopic (exact) mass is 1170 g/mol. The molecule has 0 atom stereocenters. The van der Waals surface area contributed by atoms with Gasteiger partial charge in [0.15, 0.2) is 9.84 Å². The lowest BCUT2D eigenvalue weighted by Gasteiger charge is -2.22. The van der Waals surface area contributed by atoms with E-state index in [2.05, 4.69) is 4.89 Å². The maximum Gasteiger partial charge on any atom is 0.295 e. The van der Waals surface area contributed by atoms with Crippen molar-refractivity contribution in [2.24, 2.45) is 0 Å². The van der Waals surface area contributed by atoms with Crippen molar-refractivity contribution in [3.63, 3.8) is 0 Å². The van der Waals surface area contributed by atoms with Gasteiger partial charge in [-0.1, -0.05) is 117 Å². The summed E-state index contributed by atoms with van der Waals surface area (Å²) in [4.78, 5) is 34.9. The molecule has 416 valence electrons. The van der Waals surface area contributed by atoms with Crippen LogP contribution >= 0.6 is 11.6 Å². The molecule has 0 spiro atoms. The number of ether oxygens (including phenoxy) is 3. The molecule has 3 N–H and O–H groups in total. The van der Waals surface area contributed by atoms with Crippen LogP contribution in [0.5, 0.6) is 5.75 Å². The zero-order valence-corrected chi connectivity index (χ0v) is 46.4. The van der Waals surface area contributed by atoms with E-state index in [1.807, 2.05) is 15.8 Å². The predicted octanol–water partition coefficient (Wildman–Crippen LogP) is 7.58. The lowest BCUT2D eigenvalue weighted by atomic mass is 10.1. The molecular formula is C52H55ClN4O17S4. The number of sulfone groups is 1. The molecule has 8 aromatic rings. The number of nitrogens with one attached hydrogen (secondary N) is 3. The van der Waals surface area contributed by atoms with Crippen molar-refractivity contribution in [3.05, 3.63) is 185 Å². The van der Waals surface area contributed by atoms with E-state index in [9.17, 15) is 38.5 Å². The highest BCUT2D eigenvalue weighted by Gasteiger charge is 2.25. The molecule has 0 fully saturated rings. The van der Waals surface area contributed by atoms with E-state index in [0.29, 0.717) is 70.0 Å². The highest BCUT2D eigenvalue weighted by Crippen LogP contribution is 2.25. The molecule has 0 radical (unpaired) electrons. The Morgan fingerprint density at radius 3 is 1.44 bits per heavy atom. The van der Waals surface area contributed by atoms with E-state index in [1.165, 1.54) is 36.4 Å². The average molecular weight is 1170 g/mol. The molecule has 1 amide bonds. The van der Waals surface area contributed by atoms with Gasteiger partial charge in [-0.05, 0) is 71.3 Å². The van der Waals surface area contributed by atoms with Gasteiger partial charge in [0.1, 0.15) is 21.8 Å². The topological polar surface area (TPSA) is 275 Å². The van der Waals surface area contributed by atoms with E-state index < -0.39 is 44.8 Å². The number of carbonyl (C=O) groups excluding carboxylic acids is 1. The number of hydrogen-bond donors (Lipinski definition) is 3. The standard InChI is InChI=1S/C21H28N2O8S2.C16H15NO5S.C15H12ClNO4S/c1-29-14-12-23(13-15-30-2)21(24)18-10-8-17(9-11-18)16-31-22-33(27,28)20-7-5-4-6-19(20)32(3,25)26;1-20-14-8-6-12(7-9-14)11-21-17-23(18,19)16-10-13-4-2-3-5-15(13)22-16;16-13-7-3-1-6-12(13)10-20-17-22(18,19)15-9-11-5-2-4-8-14(11)21-15/h4-11,22H,12-16H2,1-3H3;2-10,17H,11H2,1H3;1-9,17H,10H2. The largest absolute Gasteiger partial charge is 0.497 e. The second kappa shape index (κ2) is 28.4. The summed E-state index contributed by atoms with van der Waals surface area (Å²) in [5.74, 6) is 0.534. The lowest BCUT2D eigenvalue weighted by Crippen LogP contribution is -2.36. The van der Waals surface area contributed by atoms with Crippen molar-refractivity contribution in [2.45, 2.75) is 39.8 Å². The summed E-state index contributed by atoms with van der Waals surface area (Å²) < 4.78 is 123. The summed E-state index contributed by atoms with van der Waals surface area (Å²) in [6.07, 6.45) is 0.927. The number of nitrogens with zero attached hydrogens (tertiary/aromatic N) is 1. The Balaban J connectivity index is 0.000000194. The molecule has 78 heavy (non-hydrogen) atoms. The van der Waals surface area contributed by atoms with Crippen LogP contribution in [0, 0.1) is 0 Å². The summed E-state index contributed by atoms with van der Waals surface area (Å²) in [6.45, 7) is 1.59. The Kier molecular flexibility index (Phi) is 22.1. The molecule has 0 bridgehead atoms.